The largest absolute Gasteiger partial charge is 0.493 e. The summed E-state index contributed by atoms with van der Waals surface area (Å²) in [4.78, 5) is 25.4. The topological polar surface area (TPSA) is 101 Å². The maximum Gasteiger partial charge on any atom is 0.312 e. The van der Waals surface area contributed by atoms with Crippen LogP contribution in [0.4, 0.5) is 0 Å². The van der Waals surface area contributed by atoms with E-state index in [0.29, 0.717) is 34.1 Å². The fourth-order valence-electron chi connectivity index (χ4n) is 3.63. The van der Waals surface area contributed by atoms with E-state index in [0.717, 1.165) is 0 Å². The Bertz CT molecular complexity index is 954. The predicted molar refractivity (Wildman–Crippen MR) is 99.3 cm³/mol. The van der Waals surface area contributed by atoms with Crippen LogP contribution in [0.15, 0.2) is 36.4 Å². The Balaban J connectivity index is 1.62. The predicted octanol–water partition coefficient (Wildman–Crippen LogP) is 2.14. The van der Waals surface area contributed by atoms with Crippen LogP contribution >= 0.6 is 0 Å². The molecular weight excluding hydrogens is 380 g/mol. The molecule has 0 spiro atoms. The third-order valence-corrected chi connectivity index (χ3v) is 5.19. The first-order valence-electron chi connectivity index (χ1n) is 9.04. The quantitative estimate of drug-likeness (QED) is 0.582. The number of fused-ring (bicyclic) bond motifs is 1. The molecule has 8 heteroatoms. The first kappa shape index (κ1) is 19.1. The highest BCUT2D eigenvalue weighted by atomic mass is 16.7. The van der Waals surface area contributed by atoms with E-state index in [1.807, 2.05) is 0 Å². The molecule has 0 unspecified atom stereocenters. The van der Waals surface area contributed by atoms with Gasteiger partial charge in [-0.3, -0.25) is 9.59 Å². The number of ether oxygens (including phenoxy) is 5. The number of esters is 1. The summed E-state index contributed by atoms with van der Waals surface area (Å²) >= 11 is 0. The van der Waals surface area contributed by atoms with Crippen molar-refractivity contribution in [1.82, 2.24) is 0 Å². The Kier molecular flexibility index (Phi) is 5.02. The van der Waals surface area contributed by atoms with Gasteiger partial charge in [0.15, 0.2) is 28.8 Å². The smallest absolute Gasteiger partial charge is 0.312 e. The second kappa shape index (κ2) is 7.63. The van der Waals surface area contributed by atoms with E-state index in [4.69, 9.17) is 23.7 Å². The van der Waals surface area contributed by atoms with Crippen molar-refractivity contribution in [3.63, 3.8) is 0 Å². The summed E-state index contributed by atoms with van der Waals surface area (Å²) < 4.78 is 26.2. The number of carbonyl (C=O) groups is 2. The van der Waals surface area contributed by atoms with E-state index >= 15 is 0 Å². The number of carbonyl (C=O) groups excluding carboxylic acids is 2. The Hall–Kier alpha value is -3.26. The Morgan fingerprint density at radius 3 is 2.55 bits per heavy atom. The minimum Gasteiger partial charge on any atom is -0.493 e. The number of Topliss-reactive ketones (excluding diaryl/α,β-unsaturated/α-hetero) is 1. The molecule has 8 nitrogen and oxygen atoms in total. The van der Waals surface area contributed by atoms with Crippen LogP contribution in [0.2, 0.25) is 0 Å². The minimum absolute atomic E-state index is 0.0959. The number of aliphatic hydroxyl groups excluding tert-OH is 1. The van der Waals surface area contributed by atoms with E-state index in [1.165, 1.54) is 14.2 Å². The van der Waals surface area contributed by atoms with Gasteiger partial charge in [-0.1, -0.05) is 6.07 Å². The van der Waals surface area contributed by atoms with Gasteiger partial charge in [-0.2, -0.15) is 0 Å². The van der Waals surface area contributed by atoms with Gasteiger partial charge < -0.3 is 28.8 Å². The van der Waals surface area contributed by atoms with Crippen LogP contribution in [0.5, 0.6) is 23.0 Å². The van der Waals surface area contributed by atoms with Gasteiger partial charge in [0.25, 0.3) is 0 Å². The number of aliphatic hydroxyl groups is 1. The number of benzene rings is 2. The van der Waals surface area contributed by atoms with E-state index in [9.17, 15) is 14.7 Å². The van der Waals surface area contributed by atoms with Crippen LogP contribution in [0.1, 0.15) is 22.0 Å². The molecule has 2 aromatic rings. The van der Waals surface area contributed by atoms with E-state index in [-0.39, 0.29) is 19.2 Å². The van der Waals surface area contributed by atoms with Crippen molar-refractivity contribution in [3.05, 3.63) is 47.5 Å². The van der Waals surface area contributed by atoms with Crippen LogP contribution in [-0.4, -0.2) is 44.5 Å². The van der Waals surface area contributed by atoms with Crippen LogP contribution in [-0.2, 0) is 9.53 Å². The van der Waals surface area contributed by atoms with E-state index in [2.05, 4.69) is 0 Å². The van der Waals surface area contributed by atoms with Gasteiger partial charge in [-0.25, -0.2) is 0 Å². The third kappa shape index (κ3) is 3.36. The summed E-state index contributed by atoms with van der Waals surface area (Å²) in [5.41, 5.74) is 0.789. The average molecular weight is 400 g/mol. The molecule has 1 fully saturated rings. The molecule has 0 bridgehead atoms. The molecule has 0 aromatic heterocycles. The highest BCUT2D eigenvalue weighted by Crippen LogP contribution is 2.40. The molecule has 1 N–H and O–H groups in total. The zero-order valence-electron chi connectivity index (χ0n) is 15.9. The summed E-state index contributed by atoms with van der Waals surface area (Å²) in [6.45, 7) is -0.000229. The number of hydrogen-bond donors (Lipinski definition) is 1. The molecule has 0 amide bonds. The summed E-state index contributed by atoms with van der Waals surface area (Å²) in [6, 6.07) is 9.67. The van der Waals surface area contributed by atoms with Crippen LogP contribution in [0, 0.1) is 11.8 Å². The second-order valence-corrected chi connectivity index (χ2v) is 6.75. The summed E-state index contributed by atoms with van der Waals surface area (Å²) in [5.74, 6) is -0.859. The average Bonchev–Trinajstić information content (AvgIpc) is 3.37. The Morgan fingerprint density at radius 1 is 1.03 bits per heavy atom. The minimum atomic E-state index is -1.24. The number of rotatable bonds is 6. The van der Waals surface area contributed by atoms with E-state index in [1.54, 1.807) is 36.4 Å². The number of methoxy groups -OCH3 is 2. The van der Waals surface area contributed by atoms with Crippen LogP contribution in [0.25, 0.3) is 0 Å². The lowest BCUT2D eigenvalue weighted by molar-refractivity contribution is -0.144. The molecule has 2 aromatic carbocycles. The molecular formula is C21H20O8. The molecule has 2 aliphatic rings. The molecule has 0 saturated carbocycles. The van der Waals surface area contributed by atoms with Crippen molar-refractivity contribution in [3.8, 4) is 23.0 Å². The van der Waals surface area contributed by atoms with Crippen molar-refractivity contribution in [1.29, 1.82) is 0 Å². The fourth-order valence-corrected chi connectivity index (χ4v) is 3.63. The van der Waals surface area contributed by atoms with Gasteiger partial charge in [0.1, 0.15) is 12.5 Å². The normalized spacial score (nSPS) is 20.9. The van der Waals surface area contributed by atoms with E-state index < -0.39 is 23.9 Å². The zero-order valence-corrected chi connectivity index (χ0v) is 15.9. The molecule has 0 radical (unpaired) electrons. The second-order valence-electron chi connectivity index (χ2n) is 6.75. The lowest BCUT2D eigenvalue weighted by atomic mass is 9.82. The Morgan fingerprint density at radius 2 is 1.79 bits per heavy atom. The molecule has 1 saturated heterocycles. The summed E-state index contributed by atoms with van der Waals surface area (Å²) in [7, 11) is 2.98. The molecule has 0 aliphatic carbocycles. The lowest BCUT2D eigenvalue weighted by Crippen LogP contribution is -2.29. The maximum absolute atomic E-state index is 13.1. The molecule has 29 heavy (non-hydrogen) atoms. The fraction of sp³-hybridized carbons (Fsp3) is 0.333. The SMILES string of the molecule is COc1ccc([C@H](O)[C@@H]2C(=O)OC[C@H]2C(=O)c2ccc3c(c2)OCO3)cc1OC. The lowest BCUT2D eigenvalue weighted by Gasteiger charge is -2.21. The number of cyclic esters (lactones) is 1. The third-order valence-electron chi connectivity index (χ3n) is 5.19. The highest BCUT2D eigenvalue weighted by molar-refractivity contribution is 6.01. The highest BCUT2D eigenvalue weighted by Gasteiger charge is 2.46. The first-order valence-corrected chi connectivity index (χ1v) is 9.04. The number of ketones is 1. The maximum atomic E-state index is 13.1. The van der Waals surface area contributed by atoms with Crippen LogP contribution < -0.4 is 18.9 Å². The van der Waals surface area contributed by atoms with Crippen molar-refractivity contribution in [2.75, 3.05) is 27.6 Å². The van der Waals surface area contributed by atoms with Gasteiger partial charge in [0, 0.05) is 5.56 Å². The first-order chi connectivity index (χ1) is 14.0. The molecule has 152 valence electrons. The van der Waals surface area contributed by atoms with Crippen molar-refractivity contribution >= 4 is 11.8 Å². The van der Waals surface area contributed by atoms with Gasteiger partial charge in [0.05, 0.1) is 26.2 Å². The molecule has 3 atom stereocenters. The Labute approximate surface area is 166 Å². The van der Waals surface area contributed by atoms with Gasteiger partial charge >= 0.3 is 5.97 Å². The summed E-state index contributed by atoms with van der Waals surface area (Å²) in [6.07, 6.45) is -1.24. The number of hydrogen-bond acceptors (Lipinski definition) is 8. The van der Waals surface area contributed by atoms with Crippen molar-refractivity contribution in [2.45, 2.75) is 6.10 Å². The standard InChI is InChI=1S/C21H20O8/c1-25-14-5-3-12(7-16(14)26-2)20(23)18-13(9-27-21(18)24)19(22)11-4-6-15-17(8-11)29-10-28-15/h3-8,13,18,20,23H,9-10H2,1-2H3/t13-,18-,20+/m1/s1. The van der Waals surface area contributed by atoms with Crippen molar-refractivity contribution < 1.29 is 38.4 Å². The summed E-state index contributed by atoms with van der Waals surface area (Å²) in [5, 5.41) is 10.9. The molecule has 4 rings (SSSR count). The monoisotopic (exact) mass is 400 g/mol. The molecule has 2 heterocycles. The van der Waals surface area contributed by atoms with Gasteiger partial charge in [0.2, 0.25) is 6.79 Å². The van der Waals surface area contributed by atoms with Crippen molar-refractivity contribution in [2.24, 2.45) is 11.8 Å². The van der Waals surface area contributed by atoms with Gasteiger partial charge in [-0.15, -0.1) is 0 Å². The zero-order chi connectivity index (χ0) is 20.5. The molecule has 2 aliphatic heterocycles. The van der Waals surface area contributed by atoms with Crippen LogP contribution in [0.3, 0.4) is 0 Å². The van der Waals surface area contributed by atoms with Gasteiger partial charge in [-0.05, 0) is 35.9 Å².